The molecule has 2 atom stereocenters. The largest absolute Gasteiger partial charge is 0.378 e. The minimum atomic E-state index is -0.415. The molecule has 35 heavy (non-hydrogen) atoms. The van der Waals surface area contributed by atoms with Gasteiger partial charge in [-0.3, -0.25) is 4.98 Å². The van der Waals surface area contributed by atoms with Crippen LogP contribution >= 0.6 is 0 Å². The number of rotatable bonds is 11. The van der Waals surface area contributed by atoms with Gasteiger partial charge in [-0.1, -0.05) is 62.6 Å². The molecule has 1 fully saturated rings. The van der Waals surface area contributed by atoms with E-state index in [2.05, 4.69) is 61.5 Å². The Bertz CT molecular complexity index is 829. The second-order valence-electron chi connectivity index (χ2n) is 9.38. The summed E-state index contributed by atoms with van der Waals surface area (Å²) < 4.78 is 6.11. The van der Waals surface area contributed by atoms with Crippen LogP contribution in [-0.4, -0.2) is 28.8 Å². The molecule has 7 heteroatoms. The maximum Gasteiger partial charge on any atom is 0.157 e. The minimum Gasteiger partial charge on any atom is -0.378 e. The second-order valence-corrected chi connectivity index (χ2v) is 9.38. The standard InChI is InChI=1S/C20H32N2O3.C8H10N.U/c1-3-4-10-20(21-22(23)24)16(2)15-25-19-13-11-18(12-14-19)17-8-6-5-7-9-17;1-3-8-6-9-5-4-7(8)2;/h5-9,16,18-21H,3-4,10-15H2,1-2H3;4-6H,1,3H2,2H3;/q;-1;. The Morgan fingerprint density at radius 2 is 1.89 bits per heavy atom. The van der Waals surface area contributed by atoms with E-state index in [4.69, 9.17) is 4.74 Å². The summed E-state index contributed by atoms with van der Waals surface area (Å²) in [6, 6.07) is 12.6. The molecule has 0 bridgehead atoms. The summed E-state index contributed by atoms with van der Waals surface area (Å²) >= 11 is 0. The van der Waals surface area contributed by atoms with Gasteiger partial charge in [0.25, 0.3) is 0 Å². The number of hydrogen-bond acceptors (Lipinski definition) is 4. The van der Waals surface area contributed by atoms with E-state index in [1.807, 2.05) is 19.2 Å². The summed E-state index contributed by atoms with van der Waals surface area (Å²) in [4.78, 5) is 14.8. The summed E-state index contributed by atoms with van der Waals surface area (Å²) in [5, 5.41) is 10.4. The normalized spacial score (nSPS) is 18.9. The Balaban J connectivity index is 0.000000516. The van der Waals surface area contributed by atoms with E-state index in [0.29, 0.717) is 18.6 Å². The van der Waals surface area contributed by atoms with Crippen molar-refractivity contribution in [2.45, 2.75) is 90.2 Å². The molecule has 3 rings (SSSR count). The van der Waals surface area contributed by atoms with Gasteiger partial charge in [0.15, 0.2) is 5.03 Å². The monoisotopic (exact) mass is 706 g/mol. The van der Waals surface area contributed by atoms with Crippen molar-refractivity contribution in [2.75, 3.05) is 6.61 Å². The van der Waals surface area contributed by atoms with Crippen molar-refractivity contribution in [3.63, 3.8) is 0 Å². The molecule has 1 aliphatic rings. The summed E-state index contributed by atoms with van der Waals surface area (Å²) in [6.45, 7) is 10.6. The summed E-state index contributed by atoms with van der Waals surface area (Å²) in [7, 11) is 0. The molecule has 0 amide bonds. The third-order valence-electron chi connectivity index (χ3n) is 6.78. The first-order chi connectivity index (χ1) is 16.4. The zero-order valence-corrected chi connectivity index (χ0v) is 25.8. The predicted molar refractivity (Wildman–Crippen MR) is 138 cm³/mol. The Labute approximate surface area is 235 Å². The molecule has 0 aliphatic heterocycles. The van der Waals surface area contributed by atoms with Crippen molar-refractivity contribution in [3.05, 3.63) is 82.5 Å². The molecule has 1 aliphatic carbocycles. The molecule has 0 saturated heterocycles. The maximum atomic E-state index is 10.8. The van der Waals surface area contributed by atoms with Crippen LogP contribution in [0.2, 0.25) is 0 Å². The van der Waals surface area contributed by atoms with Crippen molar-refractivity contribution in [1.29, 1.82) is 0 Å². The molecule has 6 nitrogen and oxygen atoms in total. The zero-order valence-electron chi connectivity index (χ0n) is 21.6. The third kappa shape index (κ3) is 11.9. The van der Waals surface area contributed by atoms with Crippen molar-refractivity contribution in [2.24, 2.45) is 5.92 Å². The number of hydrogen-bond donors (Lipinski definition) is 1. The van der Waals surface area contributed by atoms with E-state index in [1.54, 1.807) is 6.20 Å². The molecule has 2 aromatic rings. The number of unbranched alkanes of at least 4 members (excludes halogenated alkanes) is 1. The first-order valence-corrected chi connectivity index (χ1v) is 12.7. The fourth-order valence-corrected chi connectivity index (χ4v) is 4.49. The van der Waals surface area contributed by atoms with Gasteiger partial charge >= 0.3 is 0 Å². The first-order valence-electron chi connectivity index (χ1n) is 12.7. The molecule has 1 saturated carbocycles. The van der Waals surface area contributed by atoms with Crippen LogP contribution in [0.5, 0.6) is 0 Å². The number of nitrogens with one attached hydrogen (secondary N) is 1. The van der Waals surface area contributed by atoms with E-state index >= 15 is 0 Å². The molecule has 1 heterocycles. The van der Waals surface area contributed by atoms with E-state index in [9.17, 15) is 10.1 Å². The average molecular weight is 707 g/mol. The van der Waals surface area contributed by atoms with Gasteiger partial charge in [-0.05, 0) is 62.1 Å². The maximum absolute atomic E-state index is 10.8. The fraction of sp³-hybridized carbons (Fsp3) is 0.571. The van der Waals surface area contributed by atoms with Crippen LogP contribution in [0, 0.1) is 61.0 Å². The Morgan fingerprint density at radius 3 is 2.43 bits per heavy atom. The molecule has 2 unspecified atom stereocenters. The van der Waals surface area contributed by atoms with Crippen LogP contribution in [0.4, 0.5) is 0 Å². The number of pyridine rings is 1. The van der Waals surface area contributed by atoms with Crippen LogP contribution in [0.1, 0.15) is 81.4 Å². The molecule has 0 spiro atoms. The third-order valence-corrected chi connectivity index (χ3v) is 6.78. The number of nitrogens with zero attached hydrogens (tertiary/aromatic N) is 2. The second kappa shape index (κ2) is 17.9. The molecule has 192 valence electrons. The van der Waals surface area contributed by atoms with Crippen molar-refractivity contribution in [1.82, 2.24) is 10.4 Å². The number of ether oxygens (including phenoxy) is 1. The van der Waals surface area contributed by atoms with Crippen molar-refractivity contribution >= 4 is 0 Å². The number of aryl methyl sites for hydroxylation is 1. The van der Waals surface area contributed by atoms with Crippen LogP contribution in [-0.2, 0) is 11.2 Å². The van der Waals surface area contributed by atoms with E-state index in [-0.39, 0.29) is 43.1 Å². The number of hydrazine groups is 1. The van der Waals surface area contributed by atoms with Crippen LogP contribution in [0.25, 0.3) is 0 Å². The number of aromatic nitrogens is 1. The number of nitro groups is 1. The zero-order chi connectivity index (χ0) is 24.8. The quantitative estimate of drug-likeness (QED) is 0.165. The van der Waals surface area contributed by atoms with Crippen LogP contribution in [0.3, 0.4) is 0 Å². The summed E-state index contributed by atoms with van der Waals surface area (Å²) in [5.41, 5.74) is 6.42. The Morgan fingerprint density at radius 1 is 1.20 bits per heavy atom. The summed E-state index contributed by atoms with van der Waals surface area (Å²) in [5.74, 6) is 0.788. The van der Waals surface area contributed by atoms with Gasteiger partial charge in [-0.15, -0.1) is 5.43 Å². The van der Waals surface area contributed by atoms with Gasteiger partial charge in [0.1, 0.15) is 0 Å². The van der Waals surface area contributed by atoms with Crippen molar-refractivity contribution < 1.29 is 40.9 Å². The molecule has 1 aromatic carbocycles. The van der Waals surface area contributed by atoms with Crippen LogP contribution < -0.4 is 5.43 Å². The van der Waals surface area contributed by atoms with Gasteiger partial charge in [0.05, 0.1) is 18.8 Å². The van der Waals surface area contributed by atoms with Gasteiger partial charge in [-0.2, -0.15) is 6.42 Å². The minimum absolute atomic E-state index is 0. The van der Waals surface area contributed by atoms with Gasteiger partial charge in [0, 0.05) is 49.4 Å². The van der Waals surface area contributed by atoms with Gasteiger partial charge < -0.3 is 11.7 Å². The summed E-state index contributed by atoms with van der Waals surface area (Å²) in [6.07, 6.45) is 12.1. The fourth-order valence-electron chi connectivity index (χ4n) is 4.49. The first kappa shape index (κ1) is 31.6. The predicted octanol–water partition coefficient (Wildman–Crippen LogP) is 6.47. The number of benzene rings is 1. The molecule has 1 N–H and O–H groups in total. The Hall–Kier alpha value is -1.42. The van der Waals surface area contributed by atoms with Crippen LogP contribution in [0.15, 0.2) is 48.8 Å². The van der Waals surface area contributed by atoms with Crippen molar-refractivity contribution in [3.8, 4) is 0 Å². The van der Waals surface area contributed by atoms with Gasteiger partial charge in [-0.25, -0.2) is 10.1 Å². The topological polar surface area (TPSA) is 77.3 Å². The molecule has 1 aromatic heterocycles. The SMILES string of the molecule is CCCCC(N[N+](=O)[O-])C(C)COC1CCC(c2ccccc2)CC1.[CH2-]Cc1cnccc1C.[U]. The molecular weight excluding hydrogens is 664 g/mol. The van der Waals surface area contributed by atoms with E-state index < -0.39 is 5.03 Å². The smallest absolute Gasteiger partial charge is 0.157 e. The molecule has 0 radical (unpaired) electrons. The van der Waals surface area contributed by atoms with E-state index in [1.165, 1.54) is 16.7 Å². The Kier molecular flexibility index (Phi) is 16.2. The van der Waals surface area contributed by atoms with E-state index in [0.717, 1.165) is 51.4 Å². The molecular formula is C28H42N3O3U-. The average Bonchev–Trinajstić information content (AvgIpc) is 2.86. The van der Waals surface area contributed by atoms with Gasteiger partial charge in [0.2, 0.25) is 0 Å².